The molecule has 0 bridgehead atoms. The Morgan fingerprint density at radius 2 is 2.12 bits per heavy atom. The van der Waals surface area contributed by atoms with Crippen LogP contribution in [0.4, 0.5) is 5.88 Å². The van der Waals surface area contributed by atoms with E-state index in [0.29, 0.717) is 10.1 Å². The molecule has 2 aromatic heterocycles. The average molecular weight is 455 g/mol. The number of hydrogen-bond acceptors (Lipinski definition) is 9. The zero-order valence-electron chi connectivity index (χ0n) is 17.0. The lowest BCUT2D eigenvalue weighted by Gasteiger charge is -2.20. The number of carbonyl (C=O) groups excluding carboxylic acids is 1. The largest absolute Gasteiger partial charge is 0.507 e. The summed E-state index contributed by atoms with van der Waals surface area (Å²) in [7, 11) is 0. The summed E-state index contributed by atoms with van der Waals surface area (Å²) in [6, 6.07) is 8.09. The van der Waals surface area contributed by atoms with Gasteiger partial charge in [-0.3, -0.25) is 19.5 Å². The van der Waals surface area contributed by atoms with Crippen LogP contribution in [0.15, 0.2) is 56.2 Å². The standard InChI is InChI=1S/C21H17N3O7S/c1-3-30-20(27)17-11(2)23-19(26)15(10-12-6-4-5-7-13(12)25)32-21(23)22-18(17)14-8-9-16(31-14)24(28)29/h4-10,18,25H,3H2,1-2H3/b15-10-/t18-/m1/s1. The number of esters is 1. The molecule has 1 atom stereocenters. The van der Waals surface area contributed by atoms with Gasteiger partial charge in [0.25, 0.3) is 5.56 Å². The molecule has 0 amide bonds. The molecule has 0 fully saturated rings. The summed E-state index contributed by atoms with van der Waals surface area (Å²) in [4.78, 5) is 41.0. The summed E-state index contributed by atoms with van der Waals surface area (Å²) >= 11 is 1.06. The Labute approximate surface area is 184 Å². The zero-order valence-corrected chi connectivity index (χ0v) is 17.8. The van der Waals surface area contributed by atoms with Gasteiger partial charge in [-0.2, -0.15) is 0 Å². The van der Waals surface area contributed by atoms with Crippen molar-refractivity contribution in [1.29, 1.82) is 0 Å². The van der Waals surface area contributed by atoms with Crippen LogP contribution in [-0.2, 0) is 9.53 Å². The van der Waals surface area contributed by atoms with Crippen molar-refractivity contribution in [3.63, 3.8) is 0 Å². The van der Waals surface area contributed by atoms with Crippen molar-refractivity contribution < 1.29 is 24.0 Å². The van der Waals surface area contributed by atoms with E-state index < -0.39 is 28.4 Å². The molecule has 1 aliphatic heterocycles. The molecule has 0 aliphatic carbocycles. The van der Waals surface area contributed by atoms with Crippen LogP contribution in [0.2, 0.25) is 0 Å². The first kappa shape index (κ1) is 21.2. The lowest BCUT2D eigenvalue weighted by Crippen LogP contribution is -2.35. The highest BCUT2D eigenvalue weighted by Crippen LogP contribution is 2.34. The van der Waals surface area contributed by atoms with Crippen LogP contribution < -0.4 is 14.9 Å². The van der Waals surface area contributed by atoms with Crippen molar-refractivity contribution in [1.82, 2.24) is 4.57 Å². The molecule has 164 valence electrons. The molecule has 32 heavy (non-hydrogen) atoms. The highest BCUT2D eigenvalue weighted by molar-refractivity contribution is 7.07. The highest BCUT2D eigenvalue weighted by atomic mass is 32.1. The van der Waals surface area contributed by atoms with E-state index in [4.69, 9.17) is 9.15 Å². The van der Waals surface area contributed by atoms with Gasteiger partial charge in [-0.1, -0.05) is 29.5 Å². The van der Waals surface area contributed by atoms with E-state index >= 15 is 0 Å². The molecule has 4 rings (SSSR count). The Hall–Kier alpha value is -3.99. The lowest BCUT2D eigenvalue weighted by atomic mass is 10.0. The topological polar surface area (TPSA) is 137 Å². The number of aromatic nitrogens is 1. The van der Waals surface area contributed by atoms with E-state index in [0.717, 1.165) is 11.3 Å². The van der Waals surface area contributed by atoms with E-state index in [9.17, 15) is 24.8 Å². The summed E-state index contributed by atoms with van der Waals surface area (Å²) in [5.74, 6) is -1.09. The number of hydrogen-bond donors (Lipinski definition) is 1. The van der Waals surface area contributed by atoms with Gasteiger partial charge in [0.2, 0.25) is 0 Å². The number of rotatable bonds is 5. The SMILES string of the molecule is CCOC(=O)C1=C(C)n2c(s/c(=C\c3ccccc3O)c2=O)=N[C@@H]1c1ccc([N+](=O)[O-])o1. The molecule has 0 radical (unpaired) electrons. The minimum Gasteiger partial charge on any atom is -0.507 e. The van der Waals surface area contributed by atoms with Gasteiger partial charge in [0.05, 0.1) is 22.8 Å². The number of ether oxygens (including phenoxy) is 1. The van der Waals surface area contributed by atoms with Crippen LogP contribution in [0.3, 0.4) is 0 Å². The van der Waals surface area contributed by atoms with Gasteiger partial charge in [-0.25, -0.2) is 9.79 Å². The summed E-state index contributed by atoms with van der Waals surface area (Å²) < 4.78 is 12.0. The Bertz CT molecular complexity index is 1440. The van der Waals surface area contributed by atoms with Crippen LogP contribution in [0, 0.1) is 10.1 Å². The minimum atomic E-state index is -1.02. The molecule has 1 N–H and O–H groups in total. The Kier molecular flexibility index (Phi) is 5.49. The van der Waals surface area contributed by atoms with Gasteiger partial charge < -0.3 is 14.3 Å². The van der Waals surface area contributed by atoms with E-state index in [2.05, 4.69) is 4.99 Å². The number of phenols is 1. The molecule has 1 aromatic carbocycles. The number of para-hydroxylation sites is 1. The first-order chi connectivity index (χ1) is 15.3. The fourth-order valence-electron chi connectivity index (χ4n) is 3.36. The lowest BCUT2D eigenvalue weighted by molar-refractivity contribution is -0.402. The molecule has 3 heterocycles. The Morgan fingerprint density at radius 3 is 2.78 bits per heavy atom. The third kappa shape index (κ3) is 3.62. The first-order valence-corrected chi connectivity index (χ1v) is 10.3. The summed E-state index contributed by atoms with van der Waals surface area (Å²) in [5.41, 5.74) is 0.378. The van der Waals surface area contributed by atoms with E-state index in [1.54, 1.807) is 32.0 Å². The van der Waals surface area contributed by atoms with Gasteiger partial charge in [0, 0.05) is 11.3 Å². The maximum atomic E-state index is 13.1. The predicted molar refractivity (Wildman–Crippen MR) is 115 cm³/mol. The second-order valence-corrected chi connectivity index (χ2v) is 7.79. The molecule has 0 saturated heterocycles. The van der Waals surface area contributed by atoms with E-state index in [1.807, 2.05) is 0 Å². The maximum Gasteiger partial charge on any atom is 0.433 e. The van der Waals surface area contributed by atoms with Gasteiger partial charge in [-0.05, 0) is 32.1 Å². The van der Waals surface area contributed by atoms with E-state index in [-0.39, 0.29) is 34.2 Å². The number of allylic oxidation sites excluding steroid dienone is 1. The predicted octanol–water partition coefficient (Wildman–Crippen LogP) is 2.11. The van der Waals surface area contributed by atoms with Crippen molar-refractivity contribution in [2.75, 3.05) is 6.61 Å². The number of nitrogens with zero attached hydrogens (tertiary/aromatic N) is 3. The number of fused-ring (bicyclic) bond motifs is 1. The number of furan rings is 1. The Morgan fingerprint density at radius 1 is 1.38 bits per heavy atom. The first-order valence-electron chi connectivity index (χ1n) is 9.53. The second kappa shape index (κ2) is 8.27. The quantitative estimate of drug-likeness (QED) is 0.353. The molecule has 1 aliphatic rings. The second-order valence-electron chi connectivity index (χ2n) is 6.78. The van der Waals surface area contributed by atoms with Crippen molar-refractivity contribution >= 4 is 35.0 Å². The number of phenolic OH excluding ortho intramolecular Hbond substituents is 1. The van der Waals surface area contributed by atoms with Crippen molar-refractivity contribution in [2.45, 2.75) is 19.9 Å². The minimum absolute atomic E-state index is 0.0143. The van der Waals surface area contributed by atoms with Gasteiger partial charge in [-0.15, -0.1) is 0 Å². The van der Waals surface area contributed by atoms with Crippen LogP contribution >= 0.6 is 11.3 Å². The van der Waals surface area contributed by atoms with Crippen LogP contribution in [-0.4, -0.2) is 27.2 Å². The molecule has 11 heteroatoms. The fourth-order valence-corrected chi connectivity index (χ4v) is 4.39. The zero-order chi connectivity index (χ0) is 23.0. The number of aromatic hydroxyl groups is 1. The number of thiazole rings is 1. The average Bonchev–Trinajstić information content (AvgIpc) is 3.35. The monoisotopic (exact) mass is 455 g/mol. The number of nitro groups is 1. The number of carbonyl (C=O) groups is 1. The smallest absolute Gasteiger partial charge is 0.433 e. The third-order valence-electron chi connectivity index (χ3n) is 4.83. The number of benzene rings is 1. The van der Waals surface area contributed by atoms with Gasteiger partial charge in [0.1, 0.15) is 22.5 Å². The molecular formula is C21H17N3O7S. The molecule has 0 saturated carbocycles. The van der Waals surface area contributed by atoms with Crippen molar-refractivity contribution in [3.8, 4) is 5.75 Å². The third-order valence-corrected chi connectivity index (χ3v) is 5.81. The molecule has 10 nitrogen and oxygen atoms in total. The molecule has 0 spiro atoms. The van der Waals surface area contributed by atoms with Crippen molar-refractivity contribution in [3.05, 3.63) is 83.1 Å². The van der Waals surface area contributed by atoms with Gasteiger partial charge in [0.15, 0.2) is 4.80 Å². The molecule has 0 unspecified atom stereocenters. The maximum absolute atomic E-state index is 13.1. The van der Waals surface area contributed by atoms with Crippen LogP contribution in [0.1, 0.15) is 31.2 Å². The Balaban J connectivity index is 1.95. The summed E-state index contributed by atoms with van der Waals surface area (Å²) in [6.45, 7) is 3.31. The van der Waals surface area contributed by atoms with Crippen molar-refractivity contribution in [2.24, 2.45) is 4.99 Å². The van der Waals surface area contributed by atoms with Gasteiger partial charge >= 0.3 is 11.9 Å². The summed E-state index contributed by atoms with van der Waals surface area (Å²) in [6.07, 6.45) is 1.53. The van der Waals surface area contributed by atoms with E-state index in [1.165, 1.54) is 28.8 Å². The van der Waals surface area contributed by atoms with Crippen LogP contribution in [0.25, 0.3) is 11.8 Å². The molecular weight excluding hydrogens is 438 g/mol. The normalized spacial score (nSPS) is 15.9. The summed E-state index contributed by atoms with van der Waals surface area (Å²) in [5, 5.41) is 21.1. The molecule has 3 aromatic rings. The van der Waals surface area contributed by atoms with Crippen LogP contribution in [0.5, 0.6) is 5.75 Å². The highest BCUT2D eigenvalue weighted by Gasteiger charge is 2.34. The fraction of sp³-hybridized carbons (Fsp3) is 0.190.